The number of hydrogen-bond donors (Lipinski definition) is 0. The van der Waals surface area contributed by atoms with Crippen molar-refractivity contribution in [2.45, 2.75) is 13.8 Å². The maximum Gasteiger partial charge on any atom is -0.00755 e. The maximum atomic E-state index is 2.20. The third kappa shape index (κ3) is 1.88. The van der Waals surface area contributed by atoms with Crippen LogP contribution in [0.25, 0.3) is 0 Å². The quantitative estimate of drug-likeness (QED) is 0.461. The lowest BCUT2D eigenvalue weighted by atomic mass is 10.1. The van der Waals surface area contributed by atoms with Gasteiger partial charge in [-0.05, 0) is 12.8 Å². The molecule has 48 valence electrons. The third-order valence-corrected chi connectivity index (χ3v) is 1.44. The molecule has 9 heavy (non-hydrogen) atoms. The van der Waals surface area contributed by atoms with Crippen molar-refractivity contribution in [3.8, 4) is 0 Å². The highest BCUT2D eigenvalue weighted by atomic mass is 14.0. The van der Waals surface area contributed by atoms with Crippen LogP contribution >= 0.6 is 0 Å². The molecule has 0 saturated heterocycles. The Balaban J connectivity index is 2.75. The predicted molar refractivity (Wildman–Crippen MR) is 41.2 cm³/mol. The minimum Gasteiger partial charge on any atom is -0.0779 e. The van der Waals surface area contributed by atoms with Gasteiger partial charge in [0.15, 0.2) is 0 Å². The first kappa shape index (κ1) is 6.34. The van der Waals surface area contributed by atoms with Gasteiger partial charge in [0, 0.05) is 0 Å². The molecule has 0 aromatic rings. The van der Waals surface area contributed by atoms with E-state index in [1.165, 1.54) is 5.57 Å². The van der Waals surface area contributed by atoms with Crippen molar-refractivity contribution in [1.29, 1.82) is 0 Å². The van der Waals surface area contributed by atoms with Gasteiger partial charge in [0.1, 0.15) is 0 Å². The van der Waals surface area contributed by atoms with Crippen molar-refractivity contribution in [1.82, 2.24) is 0 Å². The van der Waals surface area contributed by atoms with Gasteiger partial charge in [-0.2, -0.15) is 0 Å². The molecule has 0 aromatic carbocycles. The summed E-state index contributed by atoms with van der Waals surface area (Å²) < 4.78 is 0. The predicted octanol–water partition coefficient (Wildman–Crippen LogP) is 2.69. The highest BCUT2D eigenvalue weighted by molar-refractivity contribution is 5.26. The average molecular weight is 120 g/mol. The molecule has 0 radical (unpaired) electrons. The Hall–Kier alpha value is -0.780. The molecule has 0 heteroatoms. The summed E-state index contributed by atoms with van der Waals surface area (Å²) in [7, 11) is 0. The van der Waals surface area contributed by atoms with Crippen LogP contribution in [0.4, 0.5) is 0 Å². The molecule has 0 aromatic heterocycles. The van der Waals surface area contributed by atoms with Gasteiger partial charge in [0.05, 0.1) is 0 Å². The van der Waals surface area contributed by atoms with E-state index < -0.39 is 0 Å². The molecule has 0 fully saturated rings. The van der Waals surface area contributed by atoms with Crippen LogP contribution < -0.4 is 0 Å². The van der Waals surface area contributed by atoms with Gasteiger partial charge < -0.3 is 0 Å². The first-order chi connectivity index (χ1) is 4.29. The van der Waals surface area contributed by atoms with E-state index in [9.17, 15) is 0 Å². The van der Waals surface area contributed by atoms with Gasteiger partial charge in [-0.3, -0.25) is 0 Å². The van der Waals surface area contributed by atoms with E-state index in [0.717, 1.165) is 0 Å². The zero-order valence-electron chi connectivity index (χ0n) is 5.96. The van der Waals surface area contributed by atoms with E-state index in [1.807, 2.05) is 0 Å². The van der Waals surface area contributed by atoms with E-state index in [0.29, 0.717) is 5.92 Å². The van der Waals surface area contributed by atoms with Gasteiger partial charge in [0.25, 0.3) is 0 Å². The molecule has 0 aliphatic heterocycles. The van der Waals surface area contributed by atoms with E-state index in [2.05, 4.69) is 44.2 Å². The molecule has 1 aliphatic carbocycles. The van der Waals surface area contributed by atoms with Crippen molar-refractivity contribution in [2.24, 2.45) is 5.92 Å². The lowest BCUT2D eigenvalue weighted by Gasteiger charge is -1.91. The fourth-order valence-electron chi connectivity index (χ4n) is 0.806. The van der Waals surface area contributed by atoms with Crippen molar-refractivity contribution in [2.75, 3.05) is 0 Å². The lowest BCUT2D eigenvalue weighted by Crippen LogP contribution is -1.78. The molecular formula is C9H12. The second-order valence-electron chi connectivity index (χ2n) is 2.51. The van der Waals surface area contributed by atoms with Crippen molar-refractivity contribution < 1.29 is 0 Å². The molecular weight excluding hydrogens is 108 g/mol. The largest absolute Gasteiger partial charge is 0.0779 e. The molecule has 0 bridgehead atoms. The summed E-state index contributed by atoms with van der Waals surface area (Å²) in [6.07, 6.45) is 10.8. The molecule has 1 aliphatic rings. The number of hydrogen-bond acceptors (Lipinski definition) is 0. The van der Waals surface area contributed by atoms with Crippen molar-refractivity contribution in [3.63, 3.8) is 0 Å². The van der Waals surface area contributed by atoms with E-state index >= 15 is 0 Å². The Morgan fingerprint density at radius 3 is 2.89 bits per heavy atom. The third-order valence-electron chi connectivity index (χ3n) is 1.44. The maximum absolute atomic E-state index is 2.20. The van der Waals surface area contributed by atoms with Gasteiger partial charge in [0.2, 0.25) is 0 Å². The molecule has 0 N–H and O–H groups in total. The molecule has 0 saturated carbocycles. The minimum atomic E-state index is 0.596. The normalized spacial score (nSPS) is 25.6. The SMILES string of the molecule is CC1=CC=CC(C)C=C1. The summed E-state index contributed by atoms with van der Waals surface area (Å²) in [6.45, 7) is 4.29. The fourth-order valence-corrected chi connectivity index (χ4v) is 0.806. The van der Waals surface area contributed by atoms with Crippen molar-refractivity contribution in [3.05, 3.63) is 36.0 Å². The van der Waals surface area contributed by atoms with Crippen LogP contribution in [-0.2, 0) is 0 Å². The standard InChI is InChI=1S/C9H12/c1-8-4-3-5-9(2)7-6-8/h3-8H,1-2H3. The molecule has 1 unspecified atom stereocenters. The Labute approximate surface area is 56.6 Å². The topological polar surface area (TPSA) is 0 Å². The van der Waals surface area contributed by atoms with Crippen LogP contribution in [0.3, 0.4) is 0 Å². The van der Waals surface area contributed by atoms with Crippen molar-refractivity contribution >= 4 is 0 Å². The molecule has 0 amide bonds. The van der Waals surface area contributed by atoms with E-state index in [1.54, 1.807) is 0 Å². The Bertz CT molecular complexity index is 170. The van der Waals surface area contributed by atoms with Crippen LogP contribution in [0.1, 0.15) is 13.8 Å². The summed E-state index contributed by atoms with van der Waals surface area (Å²) in [4.78, 5) is 0. The van der Waals surface area contributed by atoms with Crippen LogP contribution in [0.5, 0.6) is 0 Å². The second-order valence-corrected chi connectivity index (χ2v) is 2.51. The lowest BCUT2D eigenvalue weighted by molar-refractivity contribution is 0.942. The van der Waals surface area contributed by atoms with Crippen LogP contribution in [0.2, 0.25) is 0 Å². The molecule has 0 spiro atoms. The number of allylic oxidation sites excluding steroid dienone is 6. The molecule has 0 nitrogen and oxygen atoms in total. The highest BCUT2D eigenvalue weighted by Crippen LogP contribution is 2.07. The summed E-state index contributed by atoms with van der Waals surface area (Å²) in [6, 6.07) is 0. The smallest absolute Gasteiger partial charge is 0.00755 e. The Morgan fingerprint density at radius 1 is 1.33 bits per heavy atom. The van der Waals surface area contributed by atoms with Gasteiger partial charge in [-0.1, -0.05) is 42.9 Å². The van der Waals surface area contributed by atoms with Crippen LogP contribution in [0.15, 0.2) is 36.0 Å². The zero-order valence-corrected chi connectivity index (χ0v) is 5.96. The zero-order chi connectivity index (χ0) is 6.69. The minimum absolute atomic E-state index is 0.596. The average Bonchev–Trinajstić information content (AvgIpc) is 1.97. The van der Waals surface area contributed by atoms with E-state index in [4.69, 9.17) is 0 Å². The first-order valence-corrected chi connectivity index (χ1v) is 3.32. The van der Waals surface area contributed by atoms with Gasteiger partial charge >= 0.3 is 0 Å². The Kier molecular flexibility index (Phi) is 1.88. The second kappa shape index (κ2) is 2.67. The summed E-state index contributed by atoms with van der Waals surface area (Å²) in [5.41, 5.74) is 1.33. The molecule has 1 rings (SSSR count). The monoisotopic (exact) mass is 120 g/mol. The van der Waals surface area contributed by atoms with Crippen LogP contribution in [0, 0.1) is 5.92 Å². The van der Waals surface area contributed by atoms with Gasteiger partial charge in [-0.15, -0.1) is 0 Å². The van der Waals surface area contributed by atoms with E-state index in [-0.39, 0.29) is 0 Å². The summed E-state index contributed by atoms with van der Waals surface area (Å²) in [5, 5.41) is 0. The summed E-state index contributed by atoms with van der Waals surface area (Å²) in [5.74, 6) is 0.596. The molecule has 1 atom stereocenters. The molecule has 0 heterocycles. The first-order valence-electron chi connectivity index (χ1n) is 3.32. The summed E-state index contributed by atoms with van der Waals surface area (Å²) >= 11 is 0. The van der Waals surface area contributed by atoms with Gasteiger partial charge in [-0.25, -0.2) is 0 Å². The van der Waals surface area contributed by atoms with Crippen LogP contribution in [-0.4, -0.2) is 0 Å². The number of rotatable bonds is 0. The Morgan fingerprint density at radius 2 is 2.11 bits per heavy atom. The fraction of sp³-hybridized carbons (Fsp3) is 0.333. The highest BCUT2D eigenvalue weighted by Gasteiger charge is 1.91.